The van der Waals surface area contributed by atoms with Gasteiger partial charge in [-0.2, -0.15) is 0 Å². The van der Waals surface area contributed by atoms with Crippen molar-refractivity contribution in [2.24, 2.45) is 0 Å². The predicted molar refractivity (Wildman–Crippen MR) is 86.6 cm³/mol. The summed E-state index contributed by atoms with van der Waals surface area (Å²) in [5.74, 6) is 0.475. The highest BCUT2D eigenvalue weighted by molar-refractivity contribution is 5.74. The van der Waals surface area contributed by atoms with Crippen LogP contribution >= 0.6 is 0 Å². The molecular formula is C17H27N3O. The maximum absolute atomic E-state index is 12.1. The van der Waals surface area contributed by atoms with Crippen LogP contribution in [0.5, 0.6) is 0 Å². The fraction of sp³-hybridized carbons (Fsp3) is 0.588. The van der Waals surface area contributed by atoms with E-state index in [0.717, 1.165) is 45.7 Å². The van der Waals surface area contributed by atoms with Crippen molar-refractivity contribution >= 4 is 6.03 Å². The number of hydrogen-bond donors (Lipinski definition) is 1. The smallest absolute Gasteiger partial charge is 0.317 e. The number of rotatable bonds is 5. The van der Waals surface area contributed by atoms with E-state index in [0.29, 0.717) is 5.92 Å². The Hall–Kier alpha value is -1.55. The standard InChI is InChI=1S/C17H27N3O/c1-3-19-11-13-20(14-12-19)17(21)18-10-9-15(2)16-7-5-4-6-8-16/h4-8,15H,3,9-14H2,1-2H3,(H,18,21). The van der Waals surface area contributed by atoms with Crippen LogP contribution in [-0.2, 0) is 0 Å². The molecule has 0 spiro atoms. The summed E-state index contributed by atoms with van der Waals surface area (Å²) in [5, 5.41) is 3.05. The Bertz CT molecular complexity index is 427. The highest BCUT2D eigenvalue weighted by Crippen LogP contribution is 2.17. The van der Waals surface area contributed by atoms with E-state index in [1.54, 1.807) is 0 Å². The summed E-state index contributed by atoms with van der Waals surface area (Å²) >= 11 is 0. The van der Waals surface area contributed by atoms with Gasteiger partial charge in [0, 0.05) is 32.7 Å². The fourth-order valence-electron chi connectivity index (χ4n) is 2.72. The van der Waals surface area contributed by atoms with Crippen molar-refractivity contribution in [1.29, 1.82) is 0 Å². The largest absolute Gasteiger partial charge is 0.338 e. The van der Waals surface area contributed by atoms with Gasteiger partial charge in [0.1, 0.15) is 0 Å². The maximum atomic E-state index is 12.1. The average Bonchev–Trinajstić information content (AvgIpc) is 2.55. The lowest BCUT2D eigenvalue weighted by Crippen LogP contribution is -2.51. The average molecular weight is 289 g/mol. The van der Waals surface area contributed by atoms with Crippen molar-refractivity contribution in [2.75, 3.05) is 39.3 Å². The number of likely N-dealkylation sites (N-methyl/N-ethyl adjacent to an activating group) is 1. The Kier molecular flexibility index (Phi) is 6.05. The van der Waals surface area contributed by atoms with Crippen LogP contribution in [0.25, 0.3) is 0 Å². The number of nitrogens with zero attached hydrogens (tertiary/aromatic N) is 2. The first-order valence-corrected chi connectivity index (χ1v) is 8.00. The maximum Gasteiger partial charge on any atom is 0.317 e. The fourth-order valence-corrected chi connectivity index (χ4v) is 2.72. The number of carbonyl (C=O) groups is 1. The third-order valence-electron chi connectivity index (χ3n) is 4.33. The van der Waals surface area contributed by atoms with Gasteiger partial charge in [0.25, 0.3) is 0 Å². The van der Waals surface area contributed by atoms with Gasteiger partial charge in [-0.3, -0.25) is 0 Å². The number of urea groups is 1. The normalized spacial score (nSPS) is 17.5. The molecule has 1 heterocycles. The highest BCUT2D eigenvalue weighted by Gasteiger charge is 2.19. The van der Waals surface area contributed by atoms with Gasteiger partial charge in [0.2, 0.25) is 0 Å². The van der Waals surface area contributed by atoms with Gasteiger partial charge in [0.05, 0.1) is 0 Å². The SMILES string of the molecule is CCN1CCN(C(=O)NCCC(C)c2ccccc2)CC1. The van der Waals surface area contributed by atoms with Crippen LogP contribution in [0.3, 0.4) is 0 Å². The third kappa shape index (κ3) is 4.74. The van der Waals surface area contributed by atoms with Gasteiger partial charge in [-0.15, -0.1) is 0 Å². The second-order valence-corrected chi connectivity index (χ2v) is 5.75. The molecule has 116 valence electrons. The number of piperazine rings is 1. The minimum Gasteiger partial charge on any atom is -0.338 e. The summed E-state index contributed by atoms with van der Waals surface area (Å²) in [6, 6.07) is 10.6. The lowest BCUT2D eigenvalue weighted by atomic mass is 9.98. The molecule has 0 bridgehead atoms. The van der Waals surface area contributed by atoms with Crippen LogP contribution in [0.4, 0.5) is 4.79 Å². The number of carbonyl (C=O) groups excluding carboxylic acids is 1. The number of amides is 2. The molecule has 1 aliphatic heterocycles. The van der Waals surface area contributed by atoms with E-state index in [-0.39, 0.29) is 6.03 Å². The van der Waals surface area contributed by atoms with E-state index in [1.165, 1.54) is 5.56 Å². The van der Waals surface area contributed by atoms with E-state index in [2.05, 4.69) is 48.3 Å². The zero-order chi connectivity index (χ0) is 15.1. The van der Waals surface area contributed by atoms with Gasteiger partial charge >= 0.3 is 6.03 Å². The first-order valence-electron chi connectivity index (χ1n) is 8.00. The molecule has 21 heavy (non-hydrogen) atoms. The predicted octanol–water partition coefficient (Wildman–Crippen LogP) is 2.53. The number of nitrogens with one attached hydrogen (secondary N) is 1. The first kappa shape index (κ1) is 15.8. The van der Waals surface area contributed by atoms with Gasteiger partial charge in [0.15, 0.2) is 0 Å². The number of benzene rings is 1. The van der Waals surface area contributed by atoms with Crippen LogP contribution in [-0.4, -0.2) is 55.1 Å². The molecule has 0 saturated carbocycles. The molecule has 0 aliphatic carbocycles. The van der Waals surface area contributed by atoms with Crippen molar-refractivity contribution < 1.29 is 4.79 Å². The monoisotopic (exact) mass is 289 g/mol. The third-order valence-corrected chi connectivity index (χ3v) is 4.33. The molecule has 1 aromatic carbocycles. The molecule has 1 saturated heterocycles. The van der Waals surface area contributed by atoms with Crippen molar-refractivity contribution in [2.45, 2.75) is 26.2 Å². The molecular weight excluding hydrogens is 262 g/mol. The van der Waals surface area contributed by atoms with Crippen molar-refractivity contribution in [3.8, 4) is 0 Å². The van der Waals surface area contributed by atoms with E-state index in [9.17, 15) is 4.79 Å². The van der Waals surface area contributed by atoms with E-state index in [4.69, 9.17) is 0 Å². The second-order valence-electron chi connectivity index (χ2n) is 5.75. The summed E-state index contributed by atoms with van der Waals surface area (Å²) in [6.45, 7) is 9.85. The van der Waals surface area contributed by atoms with E-state index in [1.807, 2.05) is 11.0 Å². The van der Waals surface area contributed by atoms with Crippen LogP contribution in [0, 0.1) is 0 Å². The highest BCUT2D eigenvalue weighted by atomic mass is 16.2. The Morgan fingerprint density at radius 1 is 1.19 bits per heavy atom. The quantitative estimate of drug-likeness (QED) is 0.904. The molecule has 4 heteroatoms. The van der Waals surface area contributed by atoms with Gasteiger partial charge in [-0.25, -0.2) is 4.79 Å². The zero-order valence-electron chi connectivity index (χ0n) is 13.2. The van der Waals surface area contributed by atoms with Crippen LogP contribution in [0.2, 0.25) is 0 Å². The lowest BCUT2D eigenvalue weighted by Gasteiger charge is -2.34. The lowest BCUT2D eigenvalue weighted by molar-refractivity contribution is 0.143. The van der Waals surface area contributed by atoms with Crippen LogP contribution in [0.15, 0.2) is 30.3 Å². The van der Waals surface area contributed by atoms with Crippen LogP contribution in [0.1, 0.15) is 31.7 Å². The van der Waals surface area contributed by atoms with E-state index >= 15 is 0 Å². The van der Waals surface area contributed by atoms with Crippen molar-refractivity contribution in [3.63, 3.8) is 0 Å². The molecule has 1 N–H and O–H groups in total. The van der Waals surface area contributed by atoms with Crippen molar-refractivity contribution in [3.05, 3.63) is 35.9 Å². The summed E-state index contributed by atoms with van der Waals surface area (Å²) in [5.41, 5.74) is 1.34. The first-order chi connectivity index (χ1) is 10.2. The molecule has 1 atom stereocenters. The molecule has 2 amide bonds. The molecule has 0 radical (unpaired) electrons. The summed E-state index contributed by atoms with van der Waals surface area (Å²) < 4.78 is 0. The van der Waals surface area contributed by atoms with Gasteiger partial charge < -0.3 is 15.1 Å². The molecule has 1 aliphatic rings. The summed E-state index contributed by atoms with van der Waals surface area (Å²) in [7, 11) is 0. The van der Waals surface area contributed by atoms with Gasteiger partial charge in [-0.05, 0) is 24.4 Å². The van der Waals surface area contributed by atoms with Crippen LogP contribution < -0.4 is 5.32 Å². The molecule has 2 rings (SSSR count). The molecule has 4 nitrogen and oxygen atoms in total. The zero-order valence-corrected chi connectivity index (χ0v) is 13.2. The second kappa shape index (κ2) is 8.03. The Morgan fingerprint density at radius 2 is 1.86 bits per heavy atom. The molecule has 1 fully saturated rings. The summed E-state index contributed by atoms with van der Waals surface area (Å²) in [4.78, 5) is 16.4. The number of hydrogen-bond acceptors (Lipinski definition) is 2. The Labute approximate surface area is 128 Å². The van der Waals surface area contributed by atoms with Gasteiger partial charge in [-0.1, -0.05) is 44.2 Å². The Morgan fingerprint density at radius 3 is 2.48 bits per heavy atom. The molecule has 0 aromatic heterocycles. The van der Waals surface area contributed by atoms with E-state index < -0.39 is 0 Å². The minimum atomic E-state index is 0.0889. The molecule has 1 aromatic rings. The van der Waals surface area contributed by atoms with Crippen molar-refractivity contribution in [1.82, 2.24) is 15.1 Å². The summed E-state index contributed by atoms with van der Waals surface area (Å²) in [6.07, 6.45) is 0.977. The Balaban J connectivity index is 1.68. The topological polar surface area (TPSA) is 35.6 Å². The minimum absolute atomic E-state index is 0.0889. The molecule has 1 unspecified atom stereocenters.